The number of hydrogen-bond donors (Lipinski definition) is 4. The van der Waals surface area contributed by atoms with Crippen molar-refractivity contribution >= 4 is 16.4 Å². The lowest BCUT2D eigenvalue weighted by atomic mass is 9.99. The summed E-state index contributed by atoms with van der Waals surface area (Å²) in [4.78, 5) is 12.9. The Kier molecular flexibility index (Phi) is 38.4. The first-order valence-electron chi connectivity index (χ1n) is 24.7. The van der Waals surface area contributed by atoms with Crippen molar-refractivity contribution in [2.75, 3.05) is 26.4 Å². The van der Waals surface area contributed by atoms with Crippen LogP contribution in [-0.4, -0.2) is 97.5 Å². The molecule has 0 aromatic heterocycles. The van der Waals surface area contributed by atoms with Crippen molar-refractivity contribution in [1.29, 1.82) is 0 Å². The Bertz CT molecular complexity index is 1230. The normalized spacial score (nSPS) is 20.3. The molecule has 6 atom stereocenters. The van der Waals surface area contributed by atoms with Crippen molar-refractivity contribution in [3.8, 4) is 0 Å². The van der Waals surface area contributed by atoms with Crippen LogP contribution in [0.3, 0.4) is 0 Å². The van der Waals surface area contributed by atoms with E-state index in [2.05, 4.69) is 54.5 Å². The van der Waals surface area contributed by atoms with Crippen LogP contribution < -0.4 is 0 Å². The number of aliphatic hydroxyl groups excluding tert-OH is 3. The maximum absolute atomic E-state index is 12.9. The van der Waals surface area contributed by atoms with Gasteiger partial charge in [-0.05, 0) is 51.4 Å². The van der Waals surface area contributed by atoms with E-state index in [0.717, 1.165) is 57.8 Å². The fourth-order valence-electron chi connectivity index (χ4n) is 7.50. The average Bonchev–Trinajstić information content (AvgIpc) is 3.24. The molecule has 0 spiro atoms. The summed E-state index contributed by atoms with van der Waals surface area (Å²) in [6.07, 6.45) is 38.9. The molecule has 0 aromatic rings. The molecule has 1 rings (SSSR count). The SMILES string of the molecule is CCCCCCC/C=C\C/C=C\C/C=C\CCCCCCCCCCC(=O)OC(COCCCCCCCCCCCCCC)COC1OC(CO)C(O)C(OS(=O)(=O)O)C1O. The Morgan fingerprint density at radius 3 is 1.55 bits per heavy atom. The quantitative estimate of drug-likeness (QED) is 0.0197. The van der Waals surface area contributed by atoms with Crippen molar-refractivity contribution in [3.05, 3.63) is 36.5 Å². The minimum absolute atomic E-state index is 0.0354. The standard InChI is InChI=1S/C49H90O12S/c1-3-5-7-9-11-13-15-17-18-19-20-21-22-23-24-25-26-27-28-30-32-34-36-38-45(51)59-43(41-57-39-37-35-33-31-29-16-14-12-10-8-6-4-2)42-58-49-47(53)48(61-62(54,55)56)46(52)44(40-50)60-49/h15,17,19-20,22-23,43-44,46-50,52-53H,3-14,16,18,21,24-42H2,1-2H3,(H,54,55,56)/b17-15-,20-19-,23-22-. The molecule has 12 nitrogen and oxygen atoms in total. The largest absolute Gasteiger partial charge is 0.457 e. The highest BCUT2D eigenvalue weighted by molar-refractivity contribution is 7.80. The molecule has 1 fully saturated rings. The van der Waals surface area contributed by atoms with Crippen molar-refractivity contribution in [2.24, 2.45) is 0 Å². The number of allylic oxidation sites excluding steroid dienone is 6. The molecular weight excluding hydrogens is 813 g/mol. The summed E-state index contributed by atoms with van der Waals surface area (Å²) in [5.41, 5.74) is 0. The Balaban J connectivity index is 2.35. The molecule has 1 saturated heterocycles. The molecular formula is C49H90O12S. The van der Waals surface area contributed by atoms with Crippen molar-refractivity contribution < 1.29 is 56.2 Å². The first kappa shape index (κ1) is 58.3. The molecule has 1 aliphatic rings. The highest BCUT2D eigenvalue weighted by Gasteiger charge is 2.48. The molecule has 0 aromatic carbocycles. The summed E-state index contributed by atoms with van der Waals surface area (Å²) in [5, 5.41) is 30.7. The Morgan fingerprint density at radius 2 is 1.06 bits per heavy atom. The molecule has 0 amide bonds. The van der Waals surface area contributed by atoms with E-state index in [4.69, 9.17) is 23.5 Å². The average molecular weight is 903 g/mol. The maximum atomic E-state index is 12.9. The van der Waals surface area contributed by atoms with E-state index in [1.54, 1.807) is 0 Å². The van der Waals surface area contributed by atoms with Crippen molar-refractivity contribution in [1.82, 2.24) is 0 Å². The van der Waals surface area contributed by atoms with Gasteiger partial charge >= 0.3 is 16.4 Å². The molecule has 6 unspecified atom stereocenters. The summed E-state index contributed by atoms with van der Waals surface area (Å²) in [6.45, 7) is 3.98. The zero-order valence-electron chi connectivity index (χ0n) is 38.9. The topological polar surface area (TPSA) is 178 Å². The molecule has 1 aliphatic heterocycles. The Labute approximate surface area is 377 Å². The number of carbonyl (C=O) groups is 1. The summed E-state index contributed by atoms with van der Waals surface area (Å²) < 4.78 is 59.1. The molecule has 4 N–H and O–H groups in total. The molecule has 0 aliphatic carbocycles. The number of aliphatic hydroxyl groups is 3. The number of esters is 1. The van der Waals surface area contributed by atoms with Gasteiger partial charge in [-0.2, -0.15) is 8.42 Å². The van der Waals surface area contributed by atoms with Crippen LogP contribution in [0.15, 0.2) is 36.5 Å². The van der Waals surface area contributed by atoms with Gasteiger partial charge in [0.1, 0.15) is 30.5 Å². The fraction of sp³-hybridized carbons (Fsp3) is 0.857. The molecule has 62 heavy (non-hydrogen) atoms. The fourth-order valence-corrected chi connectivity index (χ4v) is 8.01. The molecule has 1 heterocycles. The number of carbonyl (C=O) groups excluding carboxylic acids is 1. The number of ether oxygens (including phenoxy) is 4. The van der Waals surface area contributed by atoms with E-state index in [-0.39, 0.29) is 19.6 Å². The van der Waals surface area contributed by atoms with Crippen LogP contribution >= 0.6 is 0 Å². The molecule has 0 bridgehead atoms. The van der Waals surface area contributed by atoms with Crippen LogP contribution in [0.4, 0.5) is 0 Å². The molecule has 0 radical (unpaired) electrons. The third-order valence-electron chi connectivity index (χ3n) is 11.3. The molecule has 13 heteroatoms. The first-order valence-corrected chi connectivity index (χ1v) is 26.1. The van der Waals surface area contributed by atoms with E-state index in [9.17, 15) is 28.5 Å². The summed E-state index contributed by atoms with van der Waals surface area (Å²) in [6, 6.07) is 0. The first-order chi connectivity index (χ1) is 30.1. The number of hydrogen-bond acceptors (Lipinski definition) is 11. The zero-order valence-corrected chi connectivity index (χ0v) is 39.7. The van der Waals surface area contributed by atoms with Gasteiger partial charge < -0.3 is 34.3 Å². The second-order valence-corrected chi connectivity index (χ2v) is 18.1. The van der Waals surface area contributed by atoms with Crippen LogP contribution in [0.1, 0.15) is 206 Å². The number of unbranched alkanes of at least 4 members (excludes halogenated alkanes) is 24. The van der Waals surface area contributed by atoms with Gasteiger partial charge in [0.05, 0.1) is 19.8 Å². The van der Waals surface area contributed by atoms with E-state index in [1.165, 1.54) is 122 Å². The minimum atomic E-state index is -5.06. The second kappa shape index (κ2) is 40.8. The van der Waals surface area contributed by atoms with Crippen molar-refractivity contribution in [3.63, 3.8) is 0 Å². The van der Waals surface area contributed by atoms with Crippen LogP contribution in [0.2, 0.25) is 0 Å². The van der Waals surface area contributed by atoms with Crippen molar-refractivity contribution in [2.45, 2.75) is 243 Å². The predicted molar refractivity (Wildman–Crippen MR) is 248 cm³/mol. The van der Waals surface area contributed by atoms with Gasteiger partial charge in [0.2, 0.25) is 0 Å². The van der Waals surface area contributed by atoms with Gasteiger partial charge in [0, 0.05) is 13.0 Å². The minimum Gasteiger partial charge on any atom is -0.457 e. The number of rotatable bonds is 43. The summed E-state index contributed by atoms with van der Waals surface area (Å²) >= 11 is 0. The zero-order chi connectivity index (χ0) is 45.4. The van der Waals surface area contributed by atoms with E-state index >= 15 is 0 Å². The van der Waals surface area contributed by atoms with E-state index in [0.29, 0.717) is 13.0 Å². The van der Waals surface area contributed by atoms with Gasteiger partial charge in [0.25, 0.3) is 0 Å². The lowest BCUT2D eigenvalue weighted by molar-refractivity contribution is -0.301. The van der Waals surface area contributed by atoms with Gasteiger partial charge in [0.15, 0.2) is 6.29 Å². The van der Waals surface area contributed by atoms with E-state index in [1.807, 2.05) is 0 Å². The maximum Gasteiger partial charge on any atom is 0.397 e. The van der Waals surface area contributed by atoms with E-state index < -0.39 is 59.8 Å². The van der Waals surface area contributed by atoms with Gasteiger partial charge in [-0.1, -0.05) is 185 Å². The summed E-state index contributed by atoms with van der Waals surface area (Å²) in [5.74, 6) is -0.405. The highest BCUT2D eigenvalue weighted by Crippen LogP contribution is 2.26. The monoisotopic (exact) mass is 903 g/mol. The Morgan fingerprint density at radius 1 is 0.613 bits per heavy atom. The molecule has 364 valence electrons. The van der Waals surface area contributed by atoms with Gasteiger partial charge in [-0.3, -0.25) is 9.35 Å². The predicted octanol–water partition coefficient (Wildman–Crippen LogP) is 11.0. The van der Waals surface area contributed by atoms with Gasteiger partial charge in [-0.15, -0.1) is 0 Å². The third-order valence-corrected chi connectivity index (χ3v) is 11.7. The van der Waals surface area contributed by atoms with Crippen LogP contribution in [0.25, 0.3) is 0 Å². The smallest absolute Gasteiger partial charge is 0.397 e. The third kappa shape index (κ3) is 33.8. The van der Waals surface area contributed by atoms with Crippen LogP contribution in [0.5, 0.6) is 0 Å². The van der Waals surface area contributed by atoms with Crippen LogP contribution in [-0.2, 0) is 38.3 Å². The Hall–Kier alpha value is -1.68. The van der Waals surface area contributed by atoms with Crippen LogP contribution in [0, 0.1) is 0 Å². The van der Waals surface area contributed by atoms with Gasteiger partial charge in [-0.25, -0.2) is 4.18 Å². The lowest BCUT2D eigenvalue weighted by Gasteiger charge is -2.41. The molecule has 0 saturated carbocycles. The summed E-state index contributed by atoms with van der Waals surface area (Å²) in [7, 11) is -5.06. The highest BCUT2D eigenvalue weighted by atomic mass is 32.3. The second-order valence-electron chi connectivity index (χ2n) is 17.1. The lowest BCUT2D eigenvalue weighted by Crippen LogP contribution is -2.60.